The molecule has 2 nitrogen and oxygen atoms in total. The van der Waals surface area contributed by atoms with Crippen molar-refractivity contribution >= 4 is 5.97 Å². The smallest absolute Gasteiger partial charge is 0.331 e. The van der Waals surface area contributed by atoms with Crippen molar-refractivity contribution in [1.29, 1.82) is 0 Å². The number of rotatable bonds is 13. The maximum Gasteiger partial charge on any atom is 0.331 e. The third kappa shape index (κ3) is 7.90. The molecule has 0 fully saturated rings. The summed E-state index contributed by atoms with van der Waals surface area (Å²) in [6.07, 6.45) is 11.9. The topological polar surface area (TPSA) is 37.3 Å². The van der Waals surface area contributed by atoms with E-state index in [1.165, 1.54) is 31.2 Å². The molecule has 2 heteroatoms. The molecule has 0 spiro atoms. The predicted molar refractivity (Wildman–Crippen MR) is 107 cm³/mol. The minimum absolute atomic E-state index is 0.290. The molecule has 1 aromatic rings. The van der Waals surface area contributed by atoms with Crippen LogP contribution in [0.1, 0.15) is 90.0 Å². The van der Waals surface area contributed by atoms with Crippen LogP contribution in [0.4, 0.5) is 0 Å². The van der Waals surface area contributed by atoms with E-state index in [0.717, 1.165) is 25.7 Å². The molecule has 1 rings (SSSR count). The van der Waals surface area contributed by atoms with E-state index in [4.69, 9.17) is 0 Å². The normalized spacial score (nSPS) is 14.3. The molecule has 0 aliphatic carbocycles. The minimum atomic E-state index is -0.741. The van der Waals surface area contributed by atoms with Gasteiger partial charge in [-0.3, -0.25) is 0 Å². The van der Waals surface area contributed by atoms with Crippen molar-refractivity contribution in [1.82, 2.24) is 0 Å². The van der Waals surface area contributed by atoms with Crippen LogP contribution in [-0.2, 0) is 4.79 Å². The van der Waals surface area contributed by atoms with Gasteiger partial charge in [-0.15, -0.1) is 0 Å². The summed E-state index contributed by atoms with van der Waals surface area (Å²) in [4.78, 5) is 11.7. The summed E-state index contributed by atoms with van der Waals surface area (Å²) in [7, 11) is 0. The lowest BCUT2D eigenvalue weighted by molar-refractivity contribution is -0.132. The second-order valence-electron chi connectivity index (χ2n) is 7.01. The van der Waals surface area contributed by atoms with E-state index in [1.807, 2.05) is 6.07 Å². The average molecular weight is 345 g/mol. The Morgan fingerprint density at radius 1 is 0.960 bits per heavy atom. The van der Waals surface area contributed by atoms with Crippen LogP contribution in [0.15, 0.2) is 42.0 Å². The first-order valence-electron chi connectivity index (χ1n) is 10.1. The monoisotopic (exact) mass is 344 g/mol. The molecule has 0 aliphatic rings. The van der Waals surface area contributed by atoms with Crippen molar-refractivity contribution < 1.29 is 9.90 Å². The van der Waals surface area contributed by atoms with Crippen molar-refractivity contribution in [2.45, 2.75) is 84.5 Å². The summed E-state index contributed by atoms with van der Waals surface area (Å²) < 4.78 is 0. The third-order valence-corrected chi connectivity index (χ3v) is 5.15. The number of carbonyl (C=O) groups is 1. The largest absolute Gasteiger partial charge is 0.478 e. The van der Waals surface area contributed by atoms with Crippen LogP contribution in [0.5, 0.6) is 0 Å². The molecule has 25 heavy (non-hydrogen) atoms. The lowest BCUT2D eigenvalue weighted by Gasteiger charge is -2.24. The summed E-state index contributed by atoms with van der Waals surface area (Å²) in [6.45, 7) is 6.58. The first kappa shape index (κ1) is 21.5. The standard InChI is InChI=1S/C23H36O2/c1-4-7-8-9-10-12-17-21(23(24)25)18-19(5-2)22(6-3)20-15-13-11-14-16-20/h11,13-16,18-19,22H,4-10,12,17H2,1-3H3,(H,24,25). The molecular formula is C23H36O2. The number of hydrogen-bond acceptors (Lipinski definition) is 1. The van der Waals surface area contributed by atoms with Crippen molar-refractivity contribution in [2.24, 2.45) is 5.92 Å². The molecular weight excluding hydrogens is 308 g/mol. The molecule has 0 saturated heterocycles. The van der Waals surface area contributed by atoms with E-state index in [2.05, 4.69) is 51.1 Å². The van der Waals surface area contributed by atoms with Crippen LogP contribution in [0.2, 0.25) is 0 Å². The Morgan fingerprint density at radius 2 is 1.60 bits per heavy atom. The summed E-state index contributed by atoms with van der Waals surface area (Å²) in [6, 6.07) is 10.5. The summed E-state index contributed by atoms with van der Waals surface area (Å²) in [5.41, 5.74) is 1.93. The molecule has 1 aromatic carbocycles. The Labute approximate surface area is 154 Å². The molecule has 0 bridgehead atoms. The van der Waals surface area contributed by atoms with Gasteiger partial charge in [-0.25, -0.2) is 4.79 Å². The van der Waals surface area contributed by atoms with Gasteiger partial charge in [0.25, 0.3) is 0 Å². The number of carboxylic acids is 1. The number of allylic oxidation sites excluding steroid dienone is 1. The van der Waals surface area contributed by atoms with Gasteiger partial charge < -0.3 is 5.11 Å². The van der Waals surface area contributed by atoms with Crippen molar-refractivity contribution in [3.8, 4) is 0 Å². The summed E-state index contributed by atoms with van der Waals surface area (Å²) >= 11 is 0. The average Bonchev–Trinajstić information content (AvgIpc) is 2.63. The molecule has 0 heterocycles. The zero-order valence-electron chi connectivity index (χ0n) is 16.3. The van der Waals surface area contributed by atoms with Gasteiger partial charge in [-0.05, 0) is 43.1 Å². The van der Waals surface area contributed by atoms with E-state index >= 15 is 0 Å². The van der Waals surface area contributed by atoms with Gasteiger partial charge in [0.05, 0.1) is 0 Å². The van der Waals surface area contributed by atoms with Crippen LogP contribution in [-0.4, -0.2) is 11.1 Å². The number of benzene rings is 1. The Morgan fingerprint density at radius 3 is 2.16 bits per heavy atom. The highest BCUT2D eigenvalue weighted by atomic mass is 16.4. The molecule has 0 amide bonds. The molecule has 2 unspecified atom stereocenters. The fourth-order valence-corrected chi connectivity index (χ4v) is 3.62. The van der Waals surface area contributed by atoms with Crippen molar-refractivity contribution in [3.63, 3.8) is 0 Å². The molecule has 1 N–H and O–H groups in total. The van der Waals surface area contributed by atoms with E-state index in [1.54, 1.807) is 0 Å². The van der Waals surface area contributed by atoms with Crippen LogP contribution >= 0.6 is 0 Å². The fourth-order valence-electron chi connectivity index (χ4n) is 3.62. The molecule has 2 atom stereocenters. The summed E-state index contributed by atoms with van der Waals surface area (Å²) in [5, 5.41) is 9.62. The minimum Gasteiger partial charge on any atom is -0.478 e. The number of unbranched alkanes of at least 4 members (excludes halogenated alkanes) is 5. The quantitative estimate of drug-likeness (QED) is 0.310. The van der Waals surface area contributed by atoms with E-state index in [0.29, 0.717) is 23.8 Å². The Balaban J connectivity index is 2.74. The van der Waals surface area contributed by atoms with Gasteiger partial charge in [0.15, 0.2) is 0 Å². The summed E-state index contributed by atoms with van der Waals surface area (Å²) in [5.74, 6) is -0.0568. The van der Waals surface area contributed by atoms with Crippen molar-refractivity contribution in [3.05, 3.63) is 47.5 Å². The van der Waals surface area contributed by atoms with E-state index in [9.17, 15) is 9.90 Å². The maximum atomic E-state index is 11.7. The van der Waals surface area contributed by atoms with Gasteiger partial charge >= 0.3 is 5.97 Å². The number of carboxylic acid groups (broad SMARTS) is 1. The van der Waals surface area contributed by atoms with Gasteiger partial charge in [0.1, 0.15) is 0 Å². The van der Waals surface area contributed by atoms with E-state index in [-0.39, 0.29) is 0 Å². The van der Waals surface area contributed by atoms with Gasteiger partial charge in [-0.2, -0.15) is 0 Å². The zero-order valence-corrected chi connectivity index (χ0v) is 16.3. The second kappa shape index (κ2) is 12.7. The van der Waals surface area contributed by atoms with E-state index < -0.39 is 5.97 Å². The SMILES string of the molecule is CCCCCCCCC(=CC(CC)C(CC)c1ccccc1)C(=O)O. The first-order chi connectivity index (χ1) is 12.1. The third-order valence-electron chi connectivity index (χ3n) is 5.15. The Bertz CT molecular complexity index is 504. The second-order valence-corrected chi connectivity index (χ2v) is 7.01. The lowest BCUT2D eigenvalue weighted by Crippen LogP contribution is -2.12. The van der Waals surface area contributed by atoms with Gasteiger partial charge in [0, 0.05) is 5.57 Å². The molecule has 0 aliphatic heterocycles. The Kier molecular flexibility index (Phi) is 10.9. The highest BCUT2D eigenvalue weighted by Gasteiger charge is 2.20. The van der Waals surface area contributed by atoms with Crippen LogP contribution < -0.4 is 0 Å². The fraction of sp³-hybridized carbons (Fsp3) is 0.609. The first-order valence-corrected chi connectivity index (χ1v) is 10.1. The number of aliphatic carboxylic acids is 1. The van der Waals surface area contributed by atoms with Crippen LogP contribution in [0.3, 0.4) is 0 Å². The highest BCUT2D eigenvalue weighted by Crippen LogP contribution is 2.32. The van der Waals surface area contributed by atoms with Gasteiger partial charge in [0.2, 0.25) is 0 Å². The molecule has 0 saturated carbocycles. The number of hydrogen-bond donors (Lipinski definition) is 1. The van der Waals surface area contributed by atoms with Crippen molar-refractivity contribution in [2.75, 3.05) is 0 Å². The highest BCUT2D eigenvalue weighted by molar-refractivity contribution is 5.86. The van der Waals surface area contributed by atoms with Gasteiger partial charge in [-0.1, -0.05) is 89.3 Å². The molecule has 140 valence electrons. The predicted octanol–water partition coefficient (Wildman–Crippen LogP) is 6.97. The maximum absolute atomic E-state index is 11.7. The lowest BCUT2D eigenvalue weighted by atomic mass is 9.81. The zero-order chi connectivity index (χ0) is 18.5. The van der Waals surface area contributed by atoms with Crippen LogP contribution in [0.25, 0.3) is 0 Å². The van der Waals surface area contributed by atoms with Crippen LogP contribution in [0, 0.1) is 5.92 Å². The molecule has 0 radical (unpaired) electrons. The molecule has 0 aromatic heterocycles. The Hall–Kier alpha value is -1.57.